The van der Waals surface area contributed by atoms with Gasteiger partial charge in [-0.25, -0.2) is 4.79 Å². The molecule has 0 saturated heterocycles. The van der Waals surface area contributed by atoms with Crippen molar-refractivity contribution in [2.24, 2.45) is 0 Å². The number of rotatable bonds is 10. The van der Waals surface area contributed by atoms with Gasteiger partial charge in [0.2, 0.25) is 5.82 Å². The Bertz CT molecular complexity index is 1190. The third kappa shape index (κ3) is 5.30. The van der Waals surface area contributed by atoms with E-state index in [0.717, 1.165) is 28.1 Å². The summed E-state index contributed by atoms with van der Waals surface area (Å²) in [7, 11) is 3.25. The summed E-state index contributed by atoms with van der Waals surface area (Å²) in [6.45, 7) is 5.47. The number of nitrogens with one attached hydrogen (secondary N) is 1. The van der Waals surface area contributed by atoms with Gasteiger partial charge in [0.15, 0.2) is 0 Å². The topological polar surface area (TPSA) is 99.0 Å². The number of nitrogens with zero attached hydrogens (tertiary/aromatic N) is 3. The number of amides is 2. The van der Waals surface area contributed by atoms with Crippen molar-refractivity contribution in [3.8, 4) is 22.9 Å². The zero-order valence-corrected chi connectivity index (χ0v) is 20.4. The molecule has 0 spiro atoms. The van der Waals surface area contributed by atoms with Crippen LogP contribution >= 0.6 is 0 Å². The Morgan fingerprint density at radius 2 is 1.91 bits per heavy atom. The number of ether oxygens (including phenoxy) is 3. The van der Waals surface area contributed by atoms with Crippen LogP contribution in [0.15, 0.2) is 58.8 Å². The van der Waals surface area contributed by atoms with Crippen molar-refractivity contribution in [3.63, 3.8) is 0 Å². The molecule has 1 atom stereocenters. The van der Waals surface area contributed by atoms with Gasteiger partial charge in [0.25, 0.3) is 5.89 Å². The van der Waals surface area contributed by atoms with Gasteiger partial charge in [0.1, 0.15) is 11.5 Å². The molecule has 0 radical (unpaired) electrons. The number of urea groups is 1. The summed E-state index contributed by atoms with van der Waals surface area (Å²) >= 11 is 0. The second-order valence-electron chi connectivity index (χ2n) is 8.04. The SMILES string of the molecule is CCOc1ccc(C2NC(=O)N(CCCOC)C(C)=C2c2nc(-c3cccc(OC)c3)no2)cc1. The number of carbonyl (C=O) groups excluding carboxylic acids is 1. The highest BCUT2D eigenvalue weighted by Gasteiger charge is 2.35. The van der Waals surface area contributed by atoms with E-state index in [9.17, 15) is 4.79 Å². The molecule has 4 rings (SSSR count). The van der Waals surface area contributed by atoms with Crippen LogP contribution in [0.3, 0.4) is 0 Å². The molecule has 1 unspecified atom stereocenters. The molecule has 2 amide bonds. The van der Waals surface area contributed by atoms with Crippen molar-refractivity contribution in [1.82, 2.24) is 20.4 Å². The maximum absolute atomic E-state index is 13.1. The summed E-state index contributed by atoms with van der Waals surface area (Å²) in [5, 5.41) is 7.32. The van der Waals surface area contributed by atoms with Gasteiger partial charge in [-0.2, -0.15) is 4.98 Å². The van der Waals surface area contributed by atoms with Gasteiger partial charge in [0.05, 0.1) is 25.3 Å². The Kier molecular flexibility index (Phi) is 7.67. The highest BCUT2D eigenvalue weighted by Crippen LogP contribution is 2.38. The fourth-order valence-electron chi connectivity index (χ4n) is 4.08. The second kappa shape index (κ2) is 11.1. The highest BCUT2D eigenvalue weighted by atomic mass is 16.5. The molecule has 0 fully saturated rings. The molecule has 1 aliphatic rings. The van der Waals surface area contributed by atoms with Crippen molar-refractivity contribution in [1.29, 1.82) is 0 Å². The number of aromatic nitrogens is 2. The lowest BCUT2D eigenvalue weighted by atomic mass is 9.94. The zero-order valence-electron chi connectivity index (χ0n) is 20.4. The monoisotopic (exact) mass is 478 g/mol. The van der Waals surface area contributed by atoms with E-state index < -0.39 is 6.04 Å². The summed E-state index contributed by atoms with van der Waals surface area (Å²) in [6, 6.07) is 14.5. The maximum atomic E-state index is 13.1. The molecule has 2 aromatic carbocycles. The minimum absolute atomic E-state index is 0.186. The van der Waals surface area contributed by atoms with Crippen LogP contribution in [0.2, 0.25) is 0 Å². The van der Waals surface area contributed by atoms with E-state index in [0.29, 0.717) is 43.6 Å². The van der Waals surface area contributed by atoms with E-state index in [-0.39, 0.29) is 6.03 Å². The van der Waals surface area contributed by atoms with Gasteiger partial charge in [-0.1, -0.05) is 29.4 Å². The summed E-state index contributed by atoms with van der Waals surface area (Å²) in [5.41, 5.74) is 3.15. The number of hydrogen-bond acceptors (Lipinski definition) is 7. The minimum atomic E-state index is -0.463. The smallest absolute Gasteiger partial charge is 0.322 e. The van der Waals surface area contributed by atoms with E-state index in [1.165, 1.54) is 0 Å². The predicted octanol–water partition coefficient (Wildman–Crippen LogP) is 4.68. The van der Waals surface area contributed by atoms with Crippen LogP contribution in [-0.4, -0.2) is 55.0 Å². The Balaban J connectivity index is 1.74. The fourth-order valence-corrected chi connectivity index (χ4v) is 4.08. The van der Waals surface area contributed by atoms with Gasteiger partial charge in [-0.15, -0.1) is 0 Å². The van der Waals surface area contributed by atoms with Crippen molar-refractivity contribution in [3.05, 3.63) is 65.7 Å². The van der Waals surface area contributed by atoms with Crippen LogP contribution in [0, 0.1) is 0 Å². The molecule has 0 saturated carbocycles. The molecule has 9 nitrogen and oxygen atoms in total. The van der Waals surface area contributed by atoms with E-state index in [1.807, 2.05) is 62.4 Å². The van der Waals surface area contributed by atoms with Crippen LogP contribution in [0.5, 0.6) is 11.5 Å². The van der Waals surface area contributed by atoms with Crippen molar-refractivity contribution < 1.29 is 23.5 Å². The quantitative estimate of drug-likeness (QED) is 0.423. The molecule has 0 bridgehead atoms. The molecular formula is C26H30N4O5. The first-order valence-corrected chi connectivity index (χ1v) is 11.5. The summed E-state index contributed by atoms with van der Waals surface area (Å²) in [6.07, 6.45) is 0.696. The van der Waals surface area contributed by atoms with Crippen LogP contribution in [-0.2, 0) is 4.74 Å². The van der Waals surface area contributed by atoms with Crippen molar-refractivity contribution in [2.45, 2.75) is 26.3 Å². The van der Waals surface area contributed by atoms with Crippen molar-refractivity contribution >= 4 is 11.6 Å². The average Bonchev–Trinajstić information content (AvgIpc) is 3.36. The largest absolute Gasteiger partial charge is 0.497 e. The Labute approximate surface area is 204 Å². The van der Waals surface area contributed by atoms with Crippen LogP contribution < -0.4 is 14.8 Å². The van der Waals surface area contributed by atoms with E-state index in [2.05, 4.69) is 10.5 Å². The molecule has 3 aromatic rings. The average molecular weight is 479 g/mol. The number of carbonyl (C=O) groups is 1. The Morgan fingerprint density at radius 1 is 1.11 bits per heavy atom. The molecule has 1 N–H and O–H groups in total. The molecule has 9 heteroatoms. The molecule has 0 aliphatic carbocycles. The normalized spacial score (nSPS) is 15.8. The van der Waals surface area contributed by atoms with Gasteiger partial charge in [-0.05, 0) is 50.1 Å². The Hall–Kier alpha value is -3.85. The van der Waals surface area contributed by atoms with E-state index in [1.54, 1.807) is 19.1 Å². The lowest BCUT2D eigenvalue weighted by molar-refractivity contribution is 0.174. The van der Waals surface area contributed by atoms with E-state index >= 15 is 0 Å². The molecule has 2 heterocycles. The van der Waals surface area contributed by atoms with Crippen LogP contribution in [0.1, 0.15) is 37.8 Å². The van der Waals surface area contributed by atoms with Gasteiger partial charge < -0.3 is 24.1 Å². The van der Waals surface area contributed by atoms with Gasteiger partial charge >= 0.3 is 6.03 Å². The summed E-state index contributed by atoms with van der Waals surface area (Å²) in [4.78, 5) is 19.4. The van der Waals surface area contributed by atoms with Crippen LogP contribution in [0.25, 0.3) is 17.0 Å². The molecule has 1 aromatic heterocycles. The zero-order chi connectivity index (χ0) is 24.8. The molecule has 35 heavy (non-hydrogen) atoms. The Morgan fingerprint density at radius 3 is 2.63 bits per heavy atom. The first-order chi connectivity index (χ1) is 17.0. The van der Waals surface area contributed by atoms with E-state index in [4.69, 9.17) is 23.7 Å². The number of methoxy groups -OCH3 is 2. The fraction of sp³-hybridized carbons (Fsp3) is 0.346. The van der Waals surface area contributed by atoms with Gasteiger partial charge in [-0.3, -0.25) is 4.90 Å². The van der Waals surface area contributed by atoms with Crippen LogP contribution in [0.4, 0.5) is 4.79 Å². The second-order valence-corrected chi connectivity index (χ2v) is 8.04. The first kappa shape index (κ1) is 24.3. The van der Waals surface area contributed by atoms with Gasteiger partial charge in [0, 0.05) is 31.5 Å². The summed E-state index contributed by atoms with van der Waals surface area (Å²) < 4.78 is 21.8. The number of allylic oxidation sites excluding steroid dienone is 1. The lowest BCUT2D eigenvalue weighted by Crippen LogP contribution is -2.46. The predicted molar refractivity (Wildman–Crippen MR) is 131 cm³/mol. The number of hydrogen-bond donors (Lipinski definition) is 1. The lowest BCUT2D eigenvalue weighted by Gasteiger charge is -2.35. The summed E-state index contributed by atoms with van der Waals surface area (Å²) in [5.74, 6) is 2.24. The third-order valence-corrected chi connectivity index (χ3v) is 5.84. The molecule has 184 valence electrons. The highest BCUT2D eigenvalue weighted by molar-refractivity contribution is 5.86. The number of benzene rings is 2. The van der Waals surface area contributed by atoms with Crippen molar-refractivity contribution in [2.75, 3.05) is 34.0 Å². The third-order valence-electron chi connectivity index (χ3n) is 5.84. The first-order valence-electron chi connectivity index (χ1n) is 11.5. The maximum Gasteiger partial charge on any atom is 0.322 e. The minimum Gasteiger partial charge on any atom is -0.497 e. The standard InChI is InChI=1S/C26H30N4O5/c1-5-34-20-12-10-18(11-13-20)23-22(17(2)30(26(31)27-23)14-7-15-32-3)25-28-24(29-35-25)19-8-6-9-21(16-19)33-4/h6,8-13,16,23H,5,7,14-15H2,1-4H3,(H,27,31). The molecular weight excluding hydrogens is 448 g/mol. The molecule has 1 aliphatic heterocycles.